The minimum absolute atomic E-state index is 0.0398. The van der Waals surface area contributed by atoms with Crippen LogP contribution in [0.25, 0.3) is 0 Å². The topological polar surface area (TPSA) is 75.6 Å². The Kier molecular flexibility index (Phi) is 4.63. The second-order valence-electron chi connectivity index (χ2n) is 6.38. The minimum Gasteiger partial charge on any atom is -0.444 e. The van der Waals surface area contributed by atoms with Crippen LogP contribution >= 0.6 is 0 Å². The summed E-state index contributed by atoms with van der Waals surface area (Å²) >= 11 is 0. The second kappa shape index (κ2) is 6.29. The number of carbonyl (C=O) groups is 2. The molecule has 1 unspecified atom stereocenters. The molecule has 2 rings (SSSR count). The van der Waals surface area contributed by atoms with Gasteiger partial charge in [0, 0.05) is 32.5 Å². The van der Waals surface area contributed by atoms with E-state index in [0.29, 0.717) is 18.8 Å². The number of rotatable bonds is 2. The lowest BCUT2D eigenvalue weighted by Gasteiger charge is -2.26. The highest BCUT2D eigenvalue weighted by Crippen LogP contribution is 2.19. The van der Waals surface area contributed by atoms with Gasteiger partial charge in [0.1, 0.15) is 11.3 Å². The summed E-state index contributed by atoms with van der Waals surface area (Å²) in [6.45, 7) is 6.56. The van der Waals surface area contributed by atoms with Crippen molar-refractivity contribution in [1.82, 2.24) is 19.8 Å². The molecule has 0 aliphatic carbocycles. The molecule has 1 aromatic rings. The molecule has 0 spiro atoms. The number of carbonyl (C=O) groups excluding carboxylic acids is 2. The normalized spacial score (nSPS) is 18.2. The summed E-state index contributed by atoms with van der Waals surface area (Å²) < 4.78 is 5.36. The van der Waals surface area contributed by atoms with Crippen molar-refractivity contribution in [3.8, 4) is 0 Å². The zero-order chi connectivity index (χ0) is 16.3. The highest BCUT2D eigenvalue weighted by atomic mass is 16.6. The number of likely N-dealkylation sites (tertiary alicyclic amines) is 1. The van der Waals surface area contributed by atoms with Crippen LogP contribution in [0.3, 0.4) is 0 Å². The first-order valence-electron chi connectivity index (χ1n) is 7.29. The molecule has 7 heteroatoms. The summed E-state index contributed by atoms with van der Waals surface area (Å²) in [7, 11) is 1.72. The van der Waals surface area contributed by atoms with Crippen molar-refractivity contribution < 1.29 is 14.3 Å². The lowest BCUT2D eigenvalue weighted by atomic mass is 10.2. The van der Waals surface area contributed by atoms with Crippen LogP contribution in [0, 0.1) is 0 Å². The molecule has 0 saturated carbocycles. The Bertz CT molecular complexity index is 541. The third-order valence-electron chi connectivity index (χ3n) is 3.47. The van der Waals surface area contributed by atoms with Crippen molar-refractivity contribution in [2.75, 3.05) is 20.1 Å². The number of ether oxygens (including phenoxy) is 1. The van der Waals surface area contributed by atoms with Crippen LogP contribution in [0.5, 0.6) is 0 Å². The van der Waals surface area contributed by atoms with Crippen molar-refractivity contribution >= 4 is 12.0 Å². The van der Waals surface area contributed by atoms with Gasteiger partial charge in [0.15, 0.2) is 0 Å². The maximum atomic E-state index is 12.3. The maximum Gasteiger partial charge on any atom is 0.410 e. The molecule has 22 heavy (non-hydrogen) atoms. The van der Waals surface area contributed by atoms with Gasteiger partial charge in [0.25, 0.3) is 5.91 Å². The third kappa shape index (κ3) is 3.93. The Labute approximate surface area is 130 Å². The van der Waals surface area contributed by atoms with Crippen LogP contribution in [-0.4, -0.2) is 63.5 Å². The number of hydrogen-bond acceptors (Lipinski definition) is 5. The Hall–Kier alpha value is -2.18. The fourth-order valence-electron chi connectivity index (χ4n) is 2.31. The average molecular weight is 306 g/mol. The summed E-state index contributed by atoms with van der Waals surface area (Å²) in [5, 5.41) is 0. The van der Waals surface area contributed by atoms with E-state index in [9.17, 15) is 9.59 Å². The first-order chi connectivity index (χ1) is 10.3. The van der Waals surface area contributed by atoms with Crippen LogP contribution < -0.4 is 0 Å². The Morgan fingerprint density at radius 2 is 2.09 bits per heavy atom. The van der Waals surface area contributed by atoms with Crippen molar-refractivity contribution in [1.29, 1.82) is 0 Å². The largest absolute Gasteiger partial charge is 0.444 e. The van der Waals surface area contributed by atoms with E-state index >= 15 is 0 Å². The van der Waals surface area contributed by atoms with Crippen LogP contribution in [0.4, 0.5) is 4.79 Å². The molecule has 1 fully saturated rings. The molecular weight excluding hydrogens is 284 g/mol. The first-order valence-corrected chi connectivity index (χ1v) is 7.29. The zero-order valence-electron chi connectivity index (χ0n) is 13.4. The molecule has 1 aromatic heterocycles. The molecule has 2 heterocycles. The van der Waals surface area contributed by atoms with E-state index in [-0.39, 0.29) is 18.0 Å². The van der Waals surface area contributed by atoms with E-state index in [0.717, 1.165) is 6.42 Å². The Balaban J connectivity index is 1.95. The van der Waals surface area contributed by atoms with Crippen LogP contribution in [0.2, 0.25) is 0 Å². The SMILES string of the molecule is CN(C(=O)c1cnccn1)C1CCN(C(=O)OC(C)(C)C)C1. The number of aromatic nitrogens is 2. The van der Waals surface area contributed by atoms with E-state index in [1.165, 1.54) is 18.6 Å². The van der Waals surface area contributed by atoms with E-state index < -0.39 is 5.60 Å². The standard InChI is InChI=1S/C15H22N4O3/c1-15(2,3)22-14(21)19-8-5-11(10-19)18(4)13(20)12-9-16-6-7-17-12/h6-7,9,11H,5,8,10H2,1-4H3. The summed E-state index contributed by atoms with van der Waals surface area (Å²) in [4.78, 5) is 35.5. The molecule has 1 saturated heterocycles. The van der Waals surface area contributed by atoms with Gasteiger partial charge in [-0.1, -0.05) is 0 Å². The molecule has 0 bridgehead atoms. The molecule has 7 nitrogen and oxygen atoms in total. The van der Waals surface area contributed by atoms with Gasteiger partial charge in [0.2, 0.25) is 0 Å². The van der Waals surface area contributed by atoms with Crippen LogP contribution in [0.15, 0.2) is 18.6 Å². The van der Waals surface area contributed by atoms with E-state index in [1.807, 2.05) is 20.8 Å². The highest BCUT2D eigenvalue weighted by molar-refractivity contribution is 5.92. The van der Waals surface area contributed by atoms with E-state index in [2.05, 4.69) is 9.97 Å². The Morgan fingerprint density at radius 3 is 2.68 bits per heavy atom. The van der Waals surface area contributed by atoms with Crippen molar-refractivity contribution in [3.63, 3.8) is 0 Å². The zero-order valence-corrected chi connectivity index (χ0v) is 13.4. The summed E-state index contributed by atoms with van der Waals surface area (Å²) in [5.41, 5.74) is -0.211. The highest BCUT2D eigenvalue weighted by Gasteiger charge is 2.33. The third-order valence-corrected chi connectivity index (χ3v) is 3.47. The molecule has 1 aliphatic heterocycles. The lowest BCUT2D eigenvalue weighted by molar-refractivity contribution is 0.0279. The monoisotopic (exact) mass is 306 g/mol. The van der Waals surface area contributed by atoms with Crippen molar-refractivity contribution in [2.24, 2.45) is 0 Å². The van der Waals surface area contributed by atoms with Gasteiger partial charge >= 0.3 is 6.09 Å². The van der Waals surface area contributed by atoms with Crippen LogP contribution in [-0.2, 0) is 4.74 Å². The molecule has 0 radical (unpaired) electrons. The minimum atomic E-state index is -0.517. The predicted octanol–water partition coefficient (Wildman–Crippen LogP) is 1.56. The molecule has 0 aromatic carbocycles. The fourth-order valence-corrected chi connectivity index (χ4v) is 2.31. The first kappa shape index (κ1) is 16.2. The van der Waals surface area contributed by atoms with Gasteiger partial charge in [-0.3, -0.25) is 9.78 Å². The Morgan fingerprint density at radius 1 is 1.36 bits per heavy atom. The second-order valence-corrected chi connectivity index (χ2v) is 6.38. The number of nitrogens with zero attached hydrogens (tertiary/aromatic N) is 4. The number of likely N-dealkylation sites (N-methyl/N-ethyl adjacent to an activating group) is 1. The summed E-state index contributed by atoms with van der Waals surface area (Å²) in [5.74, 6) is -0.191. The lowest BCUT2D eigenvalue weighted by Crippen LogP contribution is -2.41. The fraction of sp³-hybridized carbons (Fsp3) is 0.600. The molecule has 1 atom stereocenters. The smallest absolute Gasteiger partial charge is 0.410 e. The summed E-state index contributed by atoms with van der Waals surface area (Å²) in [6, 6.07) is -0.0398. The summed E-state index contributed by atoms with van der Waals surface area (Å²) in [6.07, 6.45) is 4.84. The average Bonchev–Trinajstić information content (AvgIpc) is 2.95. The maximum absolute atomic E-state index is 12.3. The van der Waals surface area contributed by atoms with Gasteiger partial charge in [-0.15, -0.1) is 0 Å². The van der Waals surface area contributed by atoms with Gasteiger partial charge in [-0.25, -0.2) is 9.78 Å². The van der Waals surface area contributed by atoms with Crippen molar-refractivity contribution in [3.05, 3.63) is 24.3 Å². The van der Waals surface area contributed by atoms with Crippen molar-refractivity contribution in [2.45, 2.75) is 38.8 Å². The number of amides is 2. The quantitative estimate of drug-likeness (QED) is 0.829. The molecule has 2 amide bonds. The van der Waals surface area contributed by atoms with Gasteiger partial charge in [-0.05, 0) is 27.2 Å². The van der Waals surface area contributed by atoms with Gasteiger partial charge < -0.3 is 14.5 Å². The van der Waals surface area contributed by atoms with E-state index in [1.54, 1.807) is 16.8 Å². The predicted molar refractivity (Wildman–Crippen MR) is 80.3 cm³/mol. The molecular formula is C15H22N4O3. The van der Waals surface area contributed by atoms with Gasteiger partial charge in [0.05, 0.1) is 12.2 Å². The van der Waals surface area contributed by atoms with E-state index in [4.69, 9.17) is 4.74 Å². The van der Waals surface area contributed by atoms with Gasteiger partial charge in [-0.2, -0.15) is 0 Å². The molecule has 1 aliphatic rings. The molecule has 0 N–H and O–H groups in total. The number of hydrogen-bond donors (Lipinski definition) is 0. The van der Waals surface area contributed by atoms with Crippen LogP contribution in [0.1, 0.15) is 37.7 Å². The molecule has 120 valence electrons.